The van der Waals surface area contributed by atoms with Crippen molar-refractivity contribution in [1.29, 1.82) is 0 Å². The molecule has 4 heteroatoms. The molecule has 0 N–H and O–H groups in total. The smallest absolute Gasteiger partial charge is 0.289 e. The lowest BCUT2D eigenvalue weighted by molar-refractivity contribution is 0.0700. The van der Waals surface area contributed by atoms with Gasteiger partial charge in [0.05, 0.1) is 0 Å². The third-order valence-corrected chi connectivity index (χ3v) is 5.02. The summed E-state index contributed by atoms with van der Waals surface area (Å²) in [6.07, 6.45) is 4.94. The van der Waals surface area contributed by atoms with Gasteiger partial charge < -0.3 is 9.32 Å². The van der Waals surface area contributed by atoms with E-state index in [-0.39, 0.29) is 11.7 Å². The van der Waals surface area contributed by atoms with Gasteiger partial charge in [0.15, 0.2) is 5.76 Å². The molecule has 1 amide bonds. The Balaban J connectivity index is 1.59. The Labute approximate surface area is 135 Å². The molecule has 2 aromatic rings. The zero-order valence-electron chi connectivity index (χ0n) is 13.3. The van der Waals surface area contributed by atoms with Crippen molar-refractivity contribution >= 4 is 5.91 Å². The molecule has 0 radical (unpaired) electrons. The summed E-state index contributed by atoms with van der Waals surface area (Å²) in [6, 6.07) is 5.05. The molecule has 0 fully saturated rings. The fourth-order valence-corrected chi connectivity index (χ4v) is 3.74. The van der Waals surface area contributed by atoms with Crippen molar-refractivity contribution in [2.75, 3.05) is 6.54 Å². The highest BCUT2D eigenvalue weighted by atomic mass is 19.1. The molecule has 3 nitrogen and oxygen atoms in total. The second-order valence-corrected chi connectivity index (χ2v) is 6.60. The van der Waals surface area contributed by atoms with Crippen molar-refractivity contribution in [3.63, 3.8) is 0 Å². The molecule has 0 saturated carbocycles. The first-order valence-corrected chi connectivity index (χ1v) is 8.30. The highest BCUT2D eigenvalue weighted by molar-refractivity contribution is 5.92. The molecule has 23 heavy (non-hydrogen) atoms. The van der Waals surface area contributed by atoms with Crippen LogP contribution in [-0.2, 0) is 25.8 Å². The van der Waals surface area contributed by atoms with Crippen LogP contribution >= 0.6 is 0 Å². The molecule has 0 saturated heterocycles. The maximum Gasteiger partial charge on any atom is 0.289 e. The third-order valence-electron chi connectivity index (χ3n) is 5.02. The van der Waals surface area contributed by atoms with Gasteiger partial charge in [-0.2, -0.15) is 0 Å². The van der Waals surface area contributed by atoms with Crippen LogP contribution in [-0.4, -0.2) is 17.4 Å². The fraction of sp³-hybridized carbons (Fsp3) is 0.421. The van der Waals surface area contributed by atoms with E-state index < -0.39 is 0 Å². The molecular weight excluding hydrogens is 293 g/mol. The number of nitrogens with zero attached hydrogens (tertiary/aromatic N) is 1. The molecule has 120 valence electrons. The first-order chi connectivity index (χ1) is 11.1. The van der Waals surface area contributed by atoms with E-state index in [1.165, 1.54) is 12.0 Å². The first kappa shape index (κ1) is 14.5. The van der Waals surface area contributed by atoms with Crippen molar-refractivity contribution in [2.24, 2.45) is 0 Å². The number of rotatable bonds is 1. The lowest BCUT2D eigenvalue weighted by atomic mass is 9.95. The lowest BCUT2D eigenvalue weighted by Gasteiger charge is -2.29. The maximum absolute atomic E-state index is 13.5. The van der Waals surface area contributed by atoms with Crippen molar-refractivity contribution < 1.29 is 13.6 Å². The SMILES string of the molecule is Cc1cc(F)cc2c1CN(C(=O)c1cc3c(o1)CCCC3)CC2. The van der Waals surface area contributed by atoms with Gasteiger partial charge in [0.1, 0.15) is 11.6 Å². The van der Waals surface area contributed by atoms with Gasteiger partial charge in [0.2, 0.25) is 0 Å². The minimum atomic E-state index is -0.195. The summed E-state index contributed by atoms with van der Waals surface area (Å²) in [5.74, 6) is 1.20. The van der Waals surface area contributed by atoms with Gasteiger partial charge >= 0.3 is 0 Å². The largest absolute Gasteiger partial charge is 0.456 e. The summed E-state index contributed by atoms with van der Waals surface area (Å²) >= 11 is 0. The Morgan fingerprint density at radius 2 is 1.96 bits per heavy atom. The average molecular weight is 313 g/mol. The van der Waals surface area contributed by atoms with Gasteiger partial charge in [-0.05, 0) is 73.1 Å². The molecule has 1 aromatic heterocycles. The number of halogens is 1. The van der Waals surface area contributed by atoms with Crippen molar-refractivity contribution in [3.8, 4) is 0 Å². The normalized spacial score (nSPS) is 16.9. The molecular formula is C19H20FNO2. The van der Waals surface area contributed by atoms with Crippen LogP contribution in [0.5, 0.6) is 0 Å². The molecule has 2 heterocycles. The zero-order chi connectivity index (χ0) is 16.0. The number of hydrogen-bond donors (Lipinski definition) is 0. The van der Waals surface area contributed by atoms with Crippen LogP contribution in [0.15, 0.2) is 22.6 Å². The Morgan fingerprint density at radius 3 is 2.78 bits per heavy atom. The van der Waals surface area contributed by atoms with E-state index in [1.54, 1.807) is 12.1 Å². The van der Waals surface area contributed by atoms with E-state index in [0.717, 1.165) is 41.7 Å². The molecule has 1 aliphatic heterocycles. The van der Waals surface area contributed by atoms with Crippen molar-refractivity contribution in [3.05, 3.63) is 57.8 Å². The van der Waals surface area contributed by atoms with Gasteiger partial charge in [-0.1, -0.05) is 0 Å². The molecule has 2 aliphatic rings. The van der Waals surface area contributed by atoms with Crippen LogP contribution < -0.4 is 0 Å². The minimum Gasteiger partial charge on any atom is -0.456 e. The molecule has 0 atom stereocenters. The minimum absolute atomic E-state index is 0.0474. The van der Waals surface area contributed by atoms with E-state index >= 15 is 0 Å². The van der Waals surface area contributed by atoms with Gasteiger partial charge in [0, 0.05) is 19.5 Å². The molecule has 0 spiro atoms. The molecule has 1 aliphatic carbocycles. The van der Waals surface area contributed by atoms with E-state index in [4.69, 9.17) is 4.42 Å². The number of carbonyl (C=O) groups excluding carboxylic acids is 1. The lowest BCUT2D eigenvalue weighted by Crippen LogP contribution is -2.36. The van der Waals surface area contributed by atoms with Crippen LogP contribution in [0.2, 0.25) is 0 Å². The second-order valence-electron chi connectivity index (χ2n) is 6.60. The number of hydrogen-bond acceptors (Lipinski definition) is 2. The van der Waals surface area contributed by atoms with E-state index in [9.17, 15) is 9.18 Å². The fourth-order valence-electron chi connectivity index (χ4n) is 3.74. The number of benzene rings is 1. The molecule has 0 unspecified atom stereocenters. The highest BCUT2D eigenvalue weighted by Crippen LogP contribution is 2.28. The molecule has 4 rings (SSSR count). The van der Waals surface area contributed by atoms with Crippen LogP contribution in [0.1, 0.15) is 51.4 Å². The average Bonchev–Trinajstić information content (AvgIpc) is 2.98. The molecule has 0 bridgehead atoms. The Bertz CT molecular complexity index is 754. The quantitative estimate of drug-likeness (QED) is 0.802. The predicted molar refractivity (Wildman–Crippen MR) is 84.9 cm³/mol. The summed E-state index contributed by atoms with van der Waals surface area (Å²) in [7, 11) is 0. The number of aryl methyl sites for hydroxylation is 3. The van der Waals surface area contributed by atoms with E-state index in [0.29, 0.717) is 25.3 Å². The van der Waals surface area contributed by atoms with Crippen molar-refractivity contribution in [2.45, 2.75) is 45.6 Å². The van der Waals surface area contributed by atoms with Crippen molar-refractivity contribution in [1.82, 2.24) is 4.90 Å². The third kappa shape index (κ3) is 2.56. The Morgan fingerprint density at radius 1 is 1.13 bits per heavy atom. The first-order valence-electron chi connectivity index (χ1n) is 8.30. The van der Waals surface area contributed by atoms with Gasteiger partial charge in [0.25, 0.3) is 5.91 Å². The number of furan rings is 1. The summed E-state index contributed by atoms with van der Waals surface area (Å²) in [5.41, 5.74) is 4.19. The zero-order valence-corrected chi connectivity index (χ0v) is 13.3. The van der Waals surface area contributed by atoms with E-state index in [2.05, 4.69) is 0 Å². The predicted octanol–water partition coefficient (Wildman–Crippen LogP) is 3.80. The van der Waals surface area contributed by atoms with Gasteiger partial charge in [-0.3, -0.25) is 4.79 Å². The summed E-state index contributed by atoms with van der Waals surface area (Å²) < 4.78 is 19.3. The van der Waals surface area contributed by atoms with Gasteiger partial charge in [-0.25, -0.2) is 4.39 Å². The van der Waals surface area contributed by atoms with Gasteiger partial charge in [-0.15, -0.1) is 0 Å². The number of amides is 1. The monoisotopic (exact) mass is 313 g/mol. The Hall–Kier alpha value is -2.10. The van der Waals surface area contributed by atoms with Crippen LogP contribution in [0.4, 0.5) is 4.39 Å². The van der Waals surface area contributed by atoms with E-state index in [1.807, 2.05) is 17.9 Å². The summed E-state index contributed by atoms with van der Waals surface area (Å²) in [4.78, 5) is 14.6. The van der Waals surface area contributed by atoms with Crippen LogP contribution in [0.25, 0.3) is 0 Å². The Kier molecular flexibility index (Phi) is 3.47. The number of fused-ring (bicyclic) bond motifs is 2. The number of carbonyl (C=O) groups is 1. The molecule has 1 aromatic carbocycles. The summed E-state index contributed by atoms with van der Waals surface area (Å²) in [5, 5.41) is 0. The maximum atomic E-state index is 13.5. The van der Waals surface area contributed by atoms with Crippen LogP contribution in [0.3, 0.4) is 0 Å². The standard InChI is InChI=1S/C19H20FNO2/c1-12-8-15(20)9-13-6-7-21(11-16(12)13)19(22)18-10-14-4-2-3-5-17(14)23-18/h8-10H,2-7,11H2,1H3. The highest BCUT2D eigenvalue weighted by Gasteiger charge is 2.27. The topological polar surface area (TPSA) is 33.5 Å². The van der Waals surface area contributed by atoms with Crippen LogP contribution in [0, 0.1) is 12.7 Å². The summed E-state index contributed by atoms with van der Waals surface area (Å²) in [6.45, 7) is 3.05. The second kappa shape index (κ2) is 5.52.